The molecular weight excluding hydrogens is 364 g/mol. The van der Waals surface area contributed by atoms with Gasteiger partial charge in [-0.1, -0.05) is 33.1 Å². The summed E-state index contributed by atoms with van der Waals surface area (Å²) in [6.07, 6.45) is 2.83. The molecule has 0 spiro atoms. The van der Waals surface area contributed by atoms with Crippen LogP contribution in [0.2, 0.25) is 0 Å². The minimum Gasteiger partial charge on any atom is -0.467 e. The van der Waals surface area contributed by atoms with E-state index in [9.17, 15) is 19.5 Å². The second kappa shape index (κ2) is 10.1. The highest BCUT2D eigenvalue weighted by Gasteiger charge is 2.44. The van der Waals surface area contributed by atoms with Gasteiger partial charge in [-0.2, -0.15) is 0 Å². The summed E-state index contributed by atoms with van der Waals surface area (Å²) in [4.78, 5) is 37.4. The highest BCUT2D eigenvalue weighted by molar-refractivity contribution is 5.90. The van der Waals surface area contributed by atoms with Crippen molar-refractivity contribution in [1.29, 1.82) is 0 Å². The summed E-state index contributed by atoms with van der Waals surface area (Å²) < 4.78 is 10.0. The highest BCUT2D eigenvalue weighted by atomic mass is 16.6. The minimum absolute atomic E-state index is 0.138. The Hall–Kier alpha value is -1.83. The fraction of sp³-hybridized carbons (Fsp3) is 0.850. The zero-order valence-electron chi connectivity index (χ0n) is 18.0. The molecule has 1 saturated carbocycles. The molecule has 0 aromatic rings. The Bertz CT molecular complexity index is 549. The third-order valence-electron chi connectivity index (χ3n) is 4.69. The Morgan fingerprint density at radius 3 is 2.11 bits per heavy atom. The van der Waals surface area contributed by atoms with Crippen molar-refractivity contribution in [3.05, 3.63) is 0 Å². The number of carbonyl (C=O) groups excluding carboxylic acids is 3. The van der Waals surface area contributed by atoms with E-state index in [1.807, 2.05) is 13.8 Å². The molecule has 8 heteroatoms. The first-order chi connectivity index (χ1) is 12.9. The van der Waals surface area contributed by atoms with E-state index in [1.165, 1.54) is 7.11 Å². The SMILES string of the molecule is COC(=O)[C@H](CC(C)C)NC(=O)[C@@H](NC(=O)OC(C)(C)C)C1(O)CCCCC1. The summed E-state index contributed by atoms with van der Waals surface area (Å²) in [7, 11) is 1.26. The van der Waals surface area contributed by atoms with Gasteiger partial charge in [0.2, 0.25) is 5.91 Å². The number of amides is 2. The van der Waals surface area contributed by atoms with E-state index < -0.39 is 41.3 Å². The molecule has 0 aromatic heterocycles. The van der Waals surface area contributed by atoms with Gasteiger partial charge in [0.25, 0.3) is 0 Å². The van der Waals surface area contributed by atoms with Gasteiger partial charge in [-0.05, 0) is 46.0 Å². The van der Waals surface area contributed by atoms with Crippen molar-refractivity contribution < 1.29 is 29.0 Å². The van der Waals surface area contributed by atoms with Gasteiger partial charge in [-0.3, -0.25) is 4.79 Å². The topological polar surface area (TPSA) is 114 Å². The Morgan fingerprint density at radius 2 is 1.64 bits per heavy atom. The molecule has 1 aliphatic rings. The predicted octanol–water partition coefficient (Wildman–Crippen LogP) is 2.28. The summed E-state index contributed by atoms with van der Waals surface area (Å²) in [5.74, 6) is -1.04. The lowest BCUT2D eigenvalue weighted by Gasteiger charge is -2.39. The van der Waals surface area contributed by atoms with E-state index >= 15 is 0 Å². The largest absolute Gasteiger partial charge is 0.467 e. The molecule has 1 fully saturated rings. The molecule has 0 heterocycles. The number of nitrogens with one attached hydrogen (secondary N) is 2. The smallest absolute Gasteiger partial charge is 0.408 e. The number of hydrogen-bond donors (Lipinski definition) is 3. The van der Waals surface area contributed by atoms with Gasteiger partial charge >= 0.3 is 12.1 Å². The van der Waals surface area contributed by atoms with Gasteiger partial charge in [0.05, 0.1) is 12.7 Å². The van der Waals surface area contributed by atoms with Crippen LogP contribution in [0.3, 0.4) is 0 Å². The molecule has 1 rings (SSSR count). The minimum atomic E-state index is -1.39. The average molecular weight is 401 g/mol. The molecule has 2 atom stereocenters. The van der Waals surface area contributed by atoms with Gasteiger partial charge in [-0.25, -0.2) is 9.59 Å². The van der Waals surface area contributed by atoms with E-state index in [-0.39, 0.29) is 5.92 Å². The molecule has 0 saturated heterocycles. The van der Waals surface area contributed by atoms with Crippen molar-refractivity contribution in [3.63, 3.8) is 0 Å². The number of carbonyl (C=O) groups is 3. The molecule has 0 aliphatic heterocycles. The first kappa shape index (κ1) is 24.2. The van der Waals surface area contributed by atoms with Crippen molar-refractivity contribution in [2.45, 2.75) is 96.4 Å². The van der Waals surface area contributed by atoms with Crippen LogP contribution < -0.4 is 10.6 Å². The Labute approximate surface area is 167 Å². The Morgan fingerprint density at radius 1 is 1.07 bits per heavy atom. The number of hydrogen-bond acceptors (Lipinski definition) is 6. The van der Waals surface area contributed by atoms with E-state index in [2.05, 4.69) is 10.6 Å². The normalized spacial score (nSPS) is 18.7. The summed E-state index contributed by atoms with van der Waals surface area (Å²) in [6.45, 7) is 8.99. The number of ether oxygens (including phenoxy) is 2. The van der Waals surface area contributed by atoms with Crippen molar-refractivity contribution in [1.82, 2.24) is 10.6 Å². The fourth-order valence-corrected chi connectivity index (χ4v) is 3.40. The second-order valence-corrected chi connectivity index (χ2v) is 8.96. The third-order valence-corrected chi connectivity index (χ3v) is 4.69. The van der Waals surface area contributed by atoms with Crippen LogP contribution in [-0.4, -0.2) is 53.5 Å². The lowest BCUT2D eigenvalue weighted by molar-refractivity contribution is -0.147. The van der Waals surface area contributed by atoms with Crippen molar-refractivity contribution in [2.75, 3.05) is 7.11 Å². The molecule has 1 aliphatic carbocycles. The quantitative estimate of drug-likeness (QED) is 0.565. The molecule has 8 nitrogen and oxygen atoms in total. The molecule has 0 aromatic carbocycles. The number of aliphatic hydroxyl groups is 1. The number of methoxy groups -OCH3 is 1. The molecule has 0 bridgehead atoms. The van der Waals surface area contributed by atoms with Crippen LogP contribution in [0, 0.1) is 5.92 Å². The zero-order valence-corrected chi connectivity index (χ0v) is 18.0. The Kier molecular flexibility index (Phi) is 8.73. The number of esters is 1. The van der Waals surface area contributed by atoms with Crippen molar-refractivity contribution in [2.24, 2.45) is 5.92 Å². The lowest BCUT2D eigenvalue weighted by atomic mass is 9.79. The van der Waals surface area contributed by atoms with Crippen LogP contribution in [-0.2, 0) is 19.1 Å². The number of rotatable bonds is 7. The molecule has 2 amide bonds. The number of alkyl carbamates (subject to hydrolysis) is 1. The van der Waals surface area contributed by atoms with Crippen LogP contribution in [0.25, 0.3) is 0 Å². The van der Waals surface area contributed by atoms with E-state index in [4.69, 9.17) is 9.47 Å². The molecule has 162 valence electrons. The van der Waals surface area contributed by atoms with Gasteiger partial charge in [0.1, 0.15) is 17.7 Å². The first-order valence-electron chi connectivity index (χ1n) is 9.98. The van der Waals surface area contributed by atoms with Crippen LogP contribution in [0.1, 0.15) is 73.1 Å². The van der Waals surface area contributed by atoms with Crippen LogP contribution >= 0.6 is 0 Å². The van der Waals surface area contributed by atoms with Crippen LogP contribution in [0.15, 0.2) is 0 Å². The van der Waals surface area contributed by atoms with E-state index in [0.717, 1.165) is 19.3 Å². The summed E-state index contributed by atoms with van der Waals surface area (Å²) in [5, 5.41) is 16.3. The van der Waals surface area contributed by atoms with E-state index in [0.29, 0.717) is 19.3 Å². The molecule has 0 unspecified atom stereocenters. The van der Waals surface area contributed by atoms with E-state index in [1.54, 1.807) is 20.8 Å². The third kappa shape index (κ3) is 7.66. The maximum Gasteiger partial charge on any atom is 0.408 e. The molecular formula is C20H36N2O6. The highest BCUT2D eigenvalue weighted by Crippen LogP contribution is 2.31. The van der Waals surface area contributed by atoms with Crippen molar-refractivity contribution >= 4 is 18.0 Å². The first-order valence-corrected chi connectivity index (χ1v) is 9.98. The van der Waals surface area contributed by atoms with Gasteiger partial charge < -0.3 is 25.2 Å². The van der Waals surface area contributed by atoms with Gasteiger partial charge in [-0.15, -0.1) is 0 Å². The zero-order chi connectivity index (χ0) is 21.5. The Balaban J connectivity index is 3.02. The van der Waals surface area contributed by atoms with Crippen LogP contribution in [0.4, 0.5) is 4.79 Å². The molecule has 28 heavy (non-hydrogen) atoms. The maximum atomic E-state index is 13.0. The second-order valence-electron chi connectivity index (χ2n) is 8.96. The summed E-state index contributed by atoms with van der Waals surface area (Å²) in [6, 6.07) is -2.07. The van der Waals surface area contributed by atoms with Gasteiger partial charge in [0, 0.05) is 0 Å². The standard InChI is InChI=1S/C20H36N2O6/c1-13(2)12-14(17(24)27-6)21-16(23)15(20(26)10-8-7-9-11-20)22-18(25)28-19(3,4)5/h13-15,26H,7-12H2,1-6H3,(H,21,23)(H,22,25)/t14-,15+/m0/s1. The molecule has 0 radical (unpaired) electrons. The average Bonchev–Trinajstić information content (AvgIpc) is 2.56. The predicted molar refractivity (Wildman–Crippen MR) is 105 cm³/mol. The fourth-order valence-electron chi connectivity index (χ4n) is 3.40. The molecule has 3 N–H and O–H groups in total. The summed E-state index contributed by atoms with van der Waals surface area (Å²) >= 11 is 0. The van der Waals surface area contributed by atoms with Gasteiger partial charge in [0.15, 0.2) is 0 Å². The lowest BCUT2D eigenvalue weighted by Crippen LogP contribution is -2.63. The van der Waals surface area contributed by atoms with Crippen molar-refractivity contribution in [3.8, 4) is 0 Å². The summed E-state index contributed by atoms with van der Waals surface area (Å²) in [5.41, 5.74) is -2.13. The van der Waals surface area contributed by atoms with Crippen LogP contribution in [0.5, 0.6) is 0 Å². The maximum absolute atomic E-state index is 13.0. The monoisotopic (exact) mass is 400 g/mol.